The fraction of sp³-hybridized carbons (Fsp3) is 0.875. The summed E-state index contributed by atoms with van der Waals surface area (Å²) in [4.78, 5) is 27.1. The Morgan fingerprint density at radius 2 is 1.85 bits per heavy atom. The number of carbonyl (C=O) groups excluding carboxylic acids is 2. The minimum atomic E-state index is -0.414. The number of rotatable bonds is 1. The molecule has 1 saturated carbocycles. The SMILES string of the molecule is CC1C(=O)NC(C(C)(C)C)C(=O)N1C1CCCC1(C)C. The lowest BCUT2D eigenvalue weighted by molar-refractivity contribution is -0.156. The van der Waals surface area contributed by atoms with Crippen molar-refractivity contribution in [2.24, 2.45) is 10.8 Å². The van der Waals surface area contributed by atoms with Crippen LogP contribution in [0.5, 0.6) is 0 Å². The molecule has 2 aliphatic rings. The van der Waals surface area contributed by atoms with Gasteiger partial charge in [-0.1, -0.05) is 41.0 Å². The van der Waals surface area contributed by atoms with E-state index < -0.39 is 6.04 Å². The summed E-state index contributed by atoms with van der Waals surface area (Å²) in [7, 11) is 0. The molecular formula is C16H28N2O2. The van der Waals surface area contributed by atoms with Crippen LogP contribution >= 0.6 is 0 Å². The molecule has 1 aliphatic heterocycles. The van der Waals surface area contributed by atoms with E-state index >= 15 is 0 Å². The van der Waals surface area contributed by atoms with Crippen LogP contribution in [-0.4, -0.2) is 34.8 Å². The zero-order valence-electron chi connectivity index (χ0n) is 13.6. The van der Waals surface area contributed by atoms with Crippen LogP contribution in [0.3, 0.4) is 0 Å². The van der Waals surface area contributed by atoms with E-state index in [9.17, 15) is 9.59 Å². The minimum absolute atomic E-state index is 0.0211. The van der Waals surface area contributed by atoms with Crippen LogP contribution in [0.4, 0.5) is 0 Å². The van der Waals surface area contributed by atoms with Gasteiger partial charge in [0.05, 0.1) is 0 Å². The molecule has 2 fully saturated rings. The molecule has 0 radical (unpaired) electrons. The summed E-state index contributed by atoms with van der Waals surface area (Å²) in [5, 5.41) is 2.91. The smallest absolute Gasteiger partial charge is 0.246 e. The van der Waals surface area contributed by atoms with Crippen LogP contribution in [0, 0.1) is 10.8 Å². The van der Waals surface area contributed by atoms with Crippen LogP contribution in [0.15, 0.2) is 0 Å². The molecule has 1 N–H and O–H groups in total. The molecule has 0 aromatic rings. The molecule has 1 saturated heterocycles. The van der Waals surface area contributed by atoms with Gasteiger partial charge >= 0.3 is 0 Å². The Morgan fingerprint density at radius 3 is 2.30 bits per heavy atom. The predicted octanol–water partition coefficient (Wildman–Crippen LogP) is 2.33. The van der Waals surface area contributed by atoms with Crippen LogP contribution < -0.4 is 5.32 Å². The fourth-order valence-electron chi connectivity index (χ4n) is 3.63. The van der Waals surface area contributed by atoms with Gasteiger partial charge in [0.15, 0.2) is 0 Å². The van der Waals surface area contributed by atoms with Gasteiger partial charge in [0.2, 0.25) is 11.8 Å². The van der Waals surface area contributed by atoms with Crippen molar-refractivity contribution >= 4 is 11.8 Å². The van der Waals surface area contributed by atoms with Gasteiger partial charge in [-0.05, 0) is 30.6 Å². The molecule has 1 heterocycles. The van der Waals surface area contributed by atoms with Crippen molar-refractivity contribution in [3.05, 3.63) is 0 Å². The van der Waals surface area contributed by atoms with Gasteiger partial charge in [0.25, 0.3) is 0 Å². The zero-order chi connectivity index (χ0) is 15.3. The Bertz CT molecular complexity index is 423. The van der Waals surface area contributed by atoms with Gasteiger partial charge in [-0.15, -0.1) is 0 Å². The summed E-state index contributed by atoms with van der Waals surface area (Å²) in [6.07, 6.45) is 3.26. The third kappa shape index (κ3) is 2.45. The van der Waals surface area contributed by atoms with E-state index in [1.165, 1.54) is 0 Å². The Kier molecular flexibility index (Phi) is 3.64. The molecule has 1 aliphatic carbocycles. The number of nitrogens with one attached hydrogen (secondary N) is 1. The van der Waals surface area contributed by atoms with Crippen molar-refractivity contribution in [3.63, 3.8) is 0 Å². The highest BCUT2D eigenvalue weighted by molar-refractivity contribution is 5.97. The van der Waals surface area contributed by atoms with E-state index in [1.54, 1.807) is 0 Å². The average molecular weight is 280 g/mol. The first-order valence-electron chi connectivity index (χ1n) is 7.68. The van der Waals surface area contributed by atoms with Gasteiger partial charge in [-0.3, -0.25) is 9.59 Å². The van der Waals surface area contributed by atoms with Gasteiger partial charge in [0.1, 0.15) is 12.1 Å². The third-order valence-electron chi connectivity index (χ3n) is 4.99. The molecule has 20 heavy (non-hydrogen) atoms. The molecule has 2 amide bonds. The van der Waals surface area contributed by atoms with E-state index in [0.29, 0.717) is 0 Å². The van der Waals surface area contributed by atoms with Crippen molar-refractivity contribution in [3.8, 4) is 0 Å². The summed E-state index contributed by atoms with van der Waals surface area (Å²) >= 11 is 0. The highest BCUT2D eigenvalue weighted by Crippen LogP contribution is 2.42. The second-order valence-corrected chi connectivity index (χ2v) is 8.13. The maximum absolute atomic E-state index is 12.9. The maximum atomic E-state index is 12.9. The topological polar surface area (TPSA) is 49.4 Å². The maximum Gasteiger partial charge on any atom is 0.246 e. The van der Waals surface area contributed by atoms with E-state index in [0.717, 1.165) is 19.3 Å². The molecule has 3 atom stereocenters. The second kappa shape index (κ2) is 4.74. The lowest BCUT2D eigenvalue weighted by Gasteiger charge is -2.48. The van der Waals surface area contributed by atoms with Crippen LogP contribution in [0.25, 0.3) is 0 Å². The highest BCUT2D eigenvalue weighted by Gasteiger charge is 2.50. The molecule has 2 rings (SSSR count). The summed E-state index contributed by atoms with van der Waals surface area (Å²) in [6, 6.07) is -0.591. The molecule has 0 aromatic heterocycles. The average Bonchev–Trinajstić information content (AvgIpc) is 2.63. The molecule has 3 unspecified atom stereocenters. The minimum Gasteiger partial charge on any atom is -0.342 e. The zero-order valence-corrected chi connectivity index (χ0v) is 13.6. The molecule has 0 bridgehead atoms. The van der Waals surface area contributed by atoms with E-state index in [-0.39, 0.29) is 34.7 Å². The van der Waals surface area contributed by atoms with Gasteiger partial charge in [-0.2, -0.15) is 0 Å². The molecule has 114 valence electrons. The number of carbonyl (C=O) groups is 2. The largest absolute Gasteiger partial charge is 0.342 e. The lowest BCUT2D eigenvalue weighted by atomic mass is 9.80. The molecule has 4 nitrogen and oxygen atoms in total. The van der Waals surface area contributed by atoms with Crippen LogP contribution in [0.2, 0.25) is 0 Å². The Labute approximate surface area is 122 Å². The highest BCUT2D eigenvalue weighted by atomic mass is 16.2. The first kappa shape index (κ1) is 15.3. The summed E-state index contributed by atoms with van der Waals surface area (Å²) < 4.78 is 0. The van der Waals surface area contributed by atoms with Crippen molar-refractivity contribution in [2.45, 2.75) is 78.9 Å². The number of hydrogen-bond donors (Lipinski definition) is 1. The summed E-state index contributed by atoms with van der Waals surface area (Å²) in [5.74, 6) is 0.0665. The van der Waals surface area contributed by atoms with Crippen molar-refractivity contribution in [2.75, 3.05) is 0 Å². The Balaban J connectivity index is 2.34. The third-order valence-corrected chi connectivity index (χ3v) is 4.99. The quantitative estimate of drug-likeness (QED) is 0.801. The molecule has 4 heteroatoms. The van der Waals surface area contributed by atoms with Crippen molar-refractivity contribution in [1.29, 1.82) is 0 Å². The molecular weight excluding hydrogens is 252 g/mol. The van der Waals surface area contributed by atoms with Crippen molar-refractivity contribution in [1.82, 2.24) is 10.2 Å². The predicted molar refractivity (Wildman–Crippen MR) is 79.1 cm³/mol. The lowest BCUT2D eigenvalue weighted by Crippen LogP contribution is -2.68. The van der Waals surface area contributed by atoms with Gasteiger partial charge < -0.3 is 10.2 Å². The van der Waals surface area contributed by atoms with Crippen LogP contribution in [-0.2, 0) is 9.59 Å². The van der Waals surface area contributed by atoms with E-state index in [1.807, 2.05) is 32.6 Å². The molecule has 0 spiro atoms. The normalized spacial score (nSPS) is 34.3. The van der Waals surface area contributed by atoms with Gasteiger partial charge in [0, 0.05) is 6.04 Å². The standard InChI is InChI=1S/C16H28N2O2/c1-10-13(19)17-12(15(2,3)4)14(20)18(10)11-8-7-9-16(11,5)6/h10-12H,7-9H2,1-6H3,(H,17,19). The monoisotopic (exact) mass is 280 g/mol. The first-order chi connectivity index (χ1) is 9.05. The summed E-state index contributed by atoms with van der Waals surface area (Å²) in [6.45, 7) is 12.3. The Hall–Kier alpha value is -1.06. The number of amides is 2. The van der Waals surface area contributed by atoms with Crippen LogP contribution in [0.1, 0.15) is 60.8 Å². The number of nitrogens with zero attached hydrogens (tertiary/aromatic N) is 1. The van der Waals surface area contributed by atoms with Gasteiger partial charge in [-0.25, -0.2) is 0 Å². The van der Waals surface area contributed by atoms with Crippen molar-refractivity contribution < 1.29 is 9.59 Å². The first-order valence-corrected chi connectivity index (χ1v) is 7.68. The molecule has 0 aromatic carbocycles. The van der Waals surface area contributed by atoms with E-state index in [2.05, 4.69) is 19.2 Å². The summed E-state index contributed by atoms with van der Waals surface area (Å²) in [5.41, 5.74) is -0.155. The number of hydrogen-bond acceptors (Lipinski definition) is 2. The fourth-order valence-corrected chi connectivity index (χ4v) is 3.63. The van der Waals surface area contributed by atoms with E-state index in [4.69, 9.17) is 0 Å². The number of piperazine rings is 1. The Morgan fingerprint density at radius 1 is 1.25 bits per heavy atom. The second-order valence-electron chi connectivity index (χ2n) is 8.13.